The summed E-state index contributed by atoms with van der Waals surface area (Å²) in [7, 11) is 0.500. The Bertz CT molecular complexity index is 92.4. The van der Waals surface area contributed by atoms with Gasteiger partial charge in [0.2, 0.25) is 0 Å². The number of benzene rings is 1. The van der Waals surface area contributed by atoms with Crippen LogP contribution in [-0.4, -0.2) is 13.7 Å². The normalized spacial score (nSPS) is 6.55. The van der Waals surface area contributed by atoms with Crippen molar-refractivity contribution in [3.8, 4) is 0 Å². The summed E-state index contributed by atoms with van der Waals surface area (Å²) in [4.78, 5) is 0. The molecule has 1 aromatic carbocycles. The number of alkyl halides is 1. The molecule has 0 unspecified atom stereocenters. The highest BCUT2D eigenvalue weighted by Crippen LogP contribution is 1.79. The highest BCUT2D eigenvalue weighted by molar-refractivity contribution is 4.99. The van der Waals surface area contributed by atoms with Crippen molar-refractivity contribution >= 4 is 0 Å². The van der Waals surface area contributed by atoms with Gasteiger partial charge in [0.15, 0.2) is 0 Å². The van der Waals surface area contributed by atoms with E-state index in [0.717, 1.165) is 6.54 Å². The summed E-state index contributed by atoms with van der Waals surface area (Å²) >= 11 is 0. The van der Waals surface area contributed by atoms with E-state index in [9.17, 15) is 4.39 Å². The molecule has 0 saturated heterocycles. The third-order valence-electron chi connectivity index (χ3n) is 0.667. The second kappa shape index (κ2) is 16.1. The molecule has 0 fully saturated rings. The Morgan fingerprint density at radius 1 is 0.909 bits per heavy atom. The van der Waals surface area contributed by atoms with Crippen LogP contribution in [0.2, 0.25) is 0 Å². The summed E-state index contributed by atoms with van der Waals surface area (Å²) in [5, 5.41) is 0. The molecule has 11 heavy (non-hydrogen) atoms. The van der Waals surface area contributed by atoms with Crippen LogP contribution in [0.15, 0.2) is 36.4 Å². The first-order chi connectivity index (χ1) is 5.41. The smallest absolute Gasteiger partial charge is 0.0785 e. The molecule has 64 valence electrons. The van der Waals surface area contributed by atoms with Crippen LogP contribution in [0.1, 0.15) is 6.92 Å². The lowest BCUT2D eigenvalue weighted by molar-refractivity contribution is 0.636. The average Bonchev–Trinajstić information content (AvgIpc) is 2.12. The van der Waals surface area contributed by atoms with Crippen LogP contribution >= 0.6 is 0 Å². The van der Waals surface area contributed by atoms with Gasteiger partial charge in [-0.15, -0.1) is 0 Å². The molecule has 0 heterocycles. The van der Waals surface area contributed by atoms with E-state index in [1.807, 2.05) is 43.3 Å². The molecule has 0 aromatic heterocycles. The van der Waals surface area contributed by atoms with Crippen molar-refractivity contribution in [2.75, 3.05) is 13.7 Å². The molecule has 0 aliphatic carbocycles. The van der Waals surface area contributed by atoms with Crippen molar-refractivity contribution in [2.24, 2.45) is 5.73 Å². The summed E-state index contributed by atoms with van der Waals surface area (Å²) in [5.41, 5.74) is 4.85. The van der Waals surface area contributed by atoms with Crippen molar-refractivity contribution in [3.63, 3.8) is 0 Å². The van der Waals surface area contributed by atoms with Gasteiger partial charge in [0.25, 0.3) is 0 Å². The van der Waals surface area contributed by atoms with Crippen LogP contribution in [0.5, 0.6) is 0 Å². The van der Waals surface area contributed by atoms with E-state index < -0.39 is 0 Å². The Kier molecular flexibility index (Phi) is 18.6. The lowest BCUT2D eigenvalue weighted by Crippen LogP contribution is -1.87. The zero-order valence-corrected chi connectivity index (χ0v) is 7.13. The van der Waals surface area contributed by atoms with Crippen molar-refractivity contribution in [3.05, 3.63) is 36.4 Å². The van der Waals surface area contributed by atoms with E-state index in [0.29, 0.717) is 7.18 Å². The van der Waals surface area contributed by atoms with Gasteiger partial charge in [-0.25, -0.2) is 0 Å². The molecule has 0 radical (unpaired) electrons. The summed E-state index contributed by atoms with van der Waals surface area (Å²) < 4.78 is 9.50. The van der Waals surface area contributed by atoms with Crippen LogP contribution < -0.4 is 5.73 Å². The first-order valence-corrected chi connectivity index (χ1v) is 3.49. The average molecular weight is 157 g/mol. The quantitative estimate of drug-likeness (QED) is 0.614. The Hall–Kier alpha value is -0.890. The van der Waals surface area contributed by atoms with Gasteiger partial charge in [-0.2, -0.15) is 0 Å². The minimum Gasteiger partial charge on any atom is -0.331 e. The molecular weight excluding hydrogens is 141 g/mol. The highest BCUT2D eigenvalue weighted by Gasteiger charge is 1.57. The third-order valence-corrected chi connectivity index (χ3v) is 0.667. The molecule has 0 atom stereocenters. The van der Waals surface area contributed by atoms with Crippen LogP contribution in [0.25, 0.3) is 0 Å². The lowest BCUT2D eigenvalue weighted by atomic mass is 10.4. The predicted molar refractivity (Wildman–Crippen MR) is 48.2 cm³/mol. The summed E-state index contributed by atoms with van der Waals surface area (Å²) in [6.45, 7) is 2.65. The van der Waals surface area contributed by atoms with Crippen LogP contribution in [0.4, 0.5) is 4.39 Å². The molecule has 0 spiro atoms. The van der Waals surface area contributed by atoms with Crippen molar-refractivity contribution in [1.82, 2.24) is 0 Å². The second-order valence-corrected chi connectivity index (χ2v) is 1.56. The van der Waals surface area contributed by atoms with E-state index >= 15 is 0 Å². The molecule has 2 N–H and O–H groups in total. The highest BCUT2D eigenvalue weighted by atomic mass is 19.1. The maximum absolute atomic E-state index is 9.50. The molecule has 1 aromatic rings. The summed E-state index contributed by atoms with van der Waals surface area (Å²) in [6, 6.07) is 12.0. The zero-order valence-electron chi connectivity index (χ0n) is 7.13. The molecule has 0 aliphatic rings. The summed E-state index contributed by atoms with van der Waals surface area (Å²) in [5.74, 6) is 0. The van der Waals surface area contributed by atoms with Gasteiger partial charge in [0.1, 0.15) is 0 Å². The molecular formula is C9H16FN. The fourth-order valence-electron chi connectivity index (χ4n) is 0.385. The Morgan fingerprint density at radius 3 is 1.09 bits per heavy atom. The molecule has 0 aliphatic heterocycles. The maximum Gasteiger partial charge on any atom is 0.0785 e. The van der Waals surface area contributed by atoms with Gasteiger partial charge in [0.05, 0.1) is 7.18 Å². The van der Waals surface area contributed by atoms with E-state index in [2.05, 4.69) is 0 Å². The molecule has 0 bridgehead atoms. The number of rotatable bonds is 0. The van der Waals surface area contributed by atoms with Crippen molar-refractivity contribution < 1.29 is 4.39 Å². The Balaban J connectivity index is 0. The predicted octanol–water partition coefficient (Wildman–Crippen LogP) is 2.24. The van der Waals surface area contributed by atoms with Gasteiger partial charge in [0, 0.05) is 0 Å². The van der Waals surface area contributed by atoms with Crippen LogP contribution in [-0.2, 0) is 0 Å². The fraction of sp³-hybridized carbons (Fsp3) is 0.333. The number of nitrogens with two attached hydrogens (primary N) is 1. The van der Waals surface area contributed by atoms with Gasteiger partial charge >= 0.3 is 0 Å². The standard InChI is InChI=1S/C6H6.C2H7N.CH3F/c1-2-4-6-5-3-1;1-2-3;1-2/h1-6H;2-3H2,1H3;1H3. The first kappa shape index (κ1) is 12.8. The van der Waals surface area contributed by atoms with Crippen LogP contribution in [0, 0.1) is 0 Å². The largest absolute Gasteiger partial charge is 0.331 e. The Morgan fingerprint density at radius 2 is 1.00 bits per heavy atom. The molecule has 1 rings (SSSR count). The van der Waals surface area contributed by atoms with E-state index in [1.54, 1.807) is 0 Å². The topological polar surface area (TPSA) is 26.0 Å². The van der Waals surface area contributed by atoms with E-state index in [4.69, 9.17) is 5.73 Å². The number of hydrogen-bond acceptors (Lipinski definition) is 1. The summed E-state index contributed by atoms with van der Waals surface area (Å²) in [6.07, 6.45) is 0. The molecule has 1 nitrogen and oxygen atoms in total. The fourth-order valence-corrected chi connectivity index (χ4v) is 0.385. The number of hydrogen-bond donors (Lipinski definition) is 1. The first-order valence-electron chi connectivity index (χ1n) is 3.49. The lowest BCUT2D eigenvalue weighted by Gasteiger charge is -1.69. The van der Waals surface area contributed by atoms with Gasteiger partial charge in [-0.05, 0) is 6.54 Å². The minimum atomic E-state index is 0.500. The zero-order chi connectivity index (χ0) is 8.95. The van der Waals surface area contributed by atoms with Crippen LogP contribution in [0.3, 0.4) is 0 Å². The third kappa shape index (κ3) is 17.6. The minimum absolute atomic E-state index is 0.500. The molecule has 2 heteroatoms. The van der Waals surface area contributed by atoms with Gasteiger partial charge < -0.3 is 5.73 Å². The van der Waals surface area contributed by atoms with Gasteiger partial charge in [-0.3, -0.25) is 4.39 Å². The van der Waals surface area contributed by atoms with Crippen molar-refractivity contribution in [2.45, 2.75) is 6.92 Å². The van der Waals surface area contributed by atoms with Gasteiger partial charge in [-0.1, -0.05) is 43.3 Å². The Labute approximate surface area is 68.0 Å². The monoisotopic (exact) mass is 157 g/mol. The van der Waals surface area contributed by atoms with Crippen molar-refractivity contribution in [1.29, 1.82) is 0 Å². The molecule has 0 amide bonds. The van der Waals surface area contributed by atoms with E-state index in [1.165, 1.54) is 0 Å². The number of halogens is 1. The second-order valence-electron chi connectivity index (χ2n) is 1.56. The SMILES string of the molecule is CCN.CF.c1ccccc1. The maximum atomic E-state index is 9.50. The molecule has 0 saturated carbocycles. The van der Waals surface area contributed by atoms with E-state index in [-0.39, 0.29) is 0 Å².